The van der Waals surface area contributed by atoms with E-state index in [0.717, 1.165) is 11.4 Å². The molecular weight excluding hydrogens is 342 g/mol. The van der Waals surface area contributed by atoms with Gasteiger partial charge in [-0.05, 0) is 30.7 Å². The summed E-state index contributed by atoms with van der Waals surface area (Å²) in [4.78, 5) is 10.7. The second-order valence-corrected chi connectivity index (χ2v) is 5.93. The summed E-state index contributed by atoms with van der Waals surface area (Å²) in [7, 11) is 5.62. The number of hydrogen-bond acceptors (Lipinski definition) is 8. The lowest BCUT2D eigenvalue weighted by Gasteiger charge is -2.15. The topological polar surface area (TPSA) is 107 Å². The first-order valence-electron chi connectivity index (χ1n) is 8.23. The van der Waals surface area contributed by atoms with Gasteiger partial charge in [0.05, 0.1) is 6.20 Å². The Labute approximate surface area is 157 Å². The first-order chi connectivity index (χ1) is 13.0. The van der Waals surface area contributed by atoms with Crippen molar-refractivity contribution in [3.8, 4) is 11.9 Å². The number of aryl methyl sites for hydroxylation is 1. The van der Waals surface area contributed by atoms with Crippen molar-refractivity contribution >= 4 is 23.1 Å². The number of hydrogen-bond donors (Lipinski definition) is 1. The summed E-state index contributed by atoms with van der Waals surface area (Å²) in [6, 6.07) is 9.44. The fraction of sp³-hybridized carbons (Fsp3) is 0.222. The molecule has 0 saturated heterocycles. The predicted octanol–water partition coefficient (Wildman–Crippen LogP) is 3.37. The van der Waals surface area contributed by atoms with Crippen LogP contribution >= 0.6 is 0 Å². The Morgan fingerprint density at radius 2 is 2.07 bits per heavy atom. The van der Waals surface area contributed by atoms with Crippen LogP contribution in [0, 0.1) is 18.3 Å². The van der Waals surface area contributed by atoms with Gasteiger partial charge in [0.15, 0.2) is 17.5 Å². The summed E-state index contributed by atoms with van der Waals surface area (Å²) >= 11 is 0. The van der Waals surface area contributed by atoms with Crippen molar-refractivity contribution in [2.24, 2.45) is 10.2 Å². The third kappa shape index (κ3) is 3.59. The van der Waals surface area contributed by atoms with E-state index in [-0.39, 0.29) is 0 Å². The van der Waals surface area contributed by atoms with Crippen molar-refractivity contribution in [2.45, 2.75) is 6.92 Å². The lowest BCUT2D eigenvalue weighted by atomic mass is 10.2. The second-order valence-electron chi connectivity index (χ2n) is 5.93. The molecule has 0 atom stereocenters. The first-order valence-corrected chi connectivity index (χ1v) is 8.23. The molecule has 0 radical (unpaired) electrons. The molecule has 3 aromatic rings. The number of nitrogens with one attached hydrogen (secondary N) is 1. The van der Waals surface area contributed by atoms with E-state index in [9.17, 15) is 5.26 Å². The highest BCUT2D eigenvalue weighted by Gasteiger charge is 2.14. The zero-order valence-corrected chi connectivity index (χ0v) is 15.5. The van der Waals surface area contributed by atoms with Crippen LogP contribution in [0.1, 0.15) is 11.1 Å². The molecule has 0 amide bonds. The van der Waals surface area contributed by atoms with Crippen LogP contribution in [0.15, 0.2) is 46.9 Å². The van der Waals surface area contributed by atoms with Crippen LogP contribution in [0.25, 0.3) is 5.82 Å². The van der Waals surface area contributed by atoms with Crippen LogP contribution in [0.5, 0.6) is 0 Å². The molecule has 0 aliphatic carbocycles. The maximum absolute atomic E-state index is 9.37. The van der Waals surface area contributed by atoms with Crippen LogP contribution in [0.2, 0.25) is 0 Å². The van der Waals surface area contributed by atoms with E-state index in [1.165, 1.54) is 10.9 Å². The molecule has 0 fully saturated rings. The van der Waals surface area contributed by atoms with Gasteiger partial charge in [-0.15, -0.1) is 10.2 Å². The van der Waals surface area contributed by atoms with E-state index in [0.29, 0.717) is 28.7 Å². The minimum absolute atomic E-state index is 0.311. The molecule has 9 nitrogen and oxygen atoms in total. The number of rotatable bonds is 5. The number of nitrogens with zero attached hydrogens (tertiary/aromatic N) is 8. The van der Waals surface area contributed by atoms with Gasteiger partial charge in [-0.3, -0.25) is 0 Å². The summed E-state index contributed by atoms with van der Waals surface area (Å²) < 4.78 is 1.48. The Hall–Kier alpha value is -3.80. The molecule has 0 unspecified atom stereocenters. The van der Waals surface area contributed by atoms with Crippen molar-refractivity contribution in [2.75, 3.05) is 31.4 Å². The van der Waals surface area contributed by atoms with E-state index in [1.807, 2.05) is 38.1 Å². The molecule has 3 rings (SSSR count). The van der Waals surface area contributed by atoms with Crippen LogP contribution < -0.4 is 10.2 Å². The van der Waals surface area contributed by atoms with E-state index >= 15 is 0 Å². The van der Waals surface area contributed by atoms with Gasteiger partial charge >= 0.3 is 0 Å². The summed E-state index contributed by atoms with van der Waals surface area (Å²) in [6.07, 6.45) is 3.10. The van der Waals surface area contributed by atoms with Crippen LogP contribution in [0.4, 0.5) is 23.1 Å². The lowest BCUT2D eigenvalue weighted by molar-refractivity contribution is 0.839. The quantitative estimate of drug-likeness (QED) is 0.698. The number of pyridine rings is 2. The highest BCUT2D eigenvalue weighted by molar-refractivity contribution is 5.68. The van der Waals surface area contributed by atoms with Crippen molar-refractivity contribution in [1.82, 2.24) is 19.7 Å². The maximum atomic E-state index is 9.37. The van der Waals surface area contributed by atoms with Gasteiger partial charge in [-0.1, -0.05) is 6.07 Å². The number of aromatic nitrogens is 4. The molecule has 1 N–H and O–H groups in total. The third-order valence-electron chi connectivity index (χ3n) is 3.84. The monoisotopic (exact) mass is 361 g/mol. The Morgan fingerprint density at radius 3 is 2.70 bits per heavy atom. The van der Waals surface area contributed by atoms with Crippen LogP contribution in [-0.4, -0.2) is 40.9 Å². The number of nitriles is 1. The Balaban J connectivity index is 2.08. The molecule has 9 heteroatoms. The average molecular weight is 361 g/mol. The van der Waals surface area contributed by atoms with E-state index in [2.05, 4.69) is 36.7 Å². The van der Waals surface area contributed by atoms with Gasteiger partial charge < -0.3 is 10.2 Å². The van der Waals surface area contributed by atoms with E-state index in [4.69, 9.17) is 0 Å². The van der Waals surface area contributed by atoms with Crippen molar-refractivity contribution in [1.29, 1.82) is 5.26 Å². The van der Waals surface area contributed by atoms with E-state index < -0.39 is 0 Å². The Kier molecular flexibility index (Phi) is 5.08. The fourth-order valence-corrected chi connectivity index (χ4v) is 2.44. The molecule has 3 heterocycles. The molecule has 0 bridgehead atoms. The van der Waals surface area contributed by atoms with Crippen molar-refractivity contribution in [3.63, 3.8) is 0 Å². The summed E-state index contributed by atoms with van der Waals surface area (Å²) in [5.41, 5.74) is 1.82. The second kappa shape index (κ2) is 7.61. The van der Waals surface area contributed by atoms with E-state index in [1.54, 1.807) is 25.4 Å². The fourth-order valence-electron chi connectivity index (χ4n) is 2.44. The Bertz CT molecular complexity index is 1010. The smallest absolute Gasteiger partial charge is 0.197 e. The number of azo groups is 1. The predicted molar refractivity (Wildman–Crippen MR) is 103 cm³/mol. The molecule has 3 aromatic heterocycles. The normalized spacial score (nSPS) is 10.8. The first kappa shape index (κ1) is 18.0. The zero-order valence-electron chi connectivity index (χ0n) is 15.5. The van der Waals surface area contributed by atoms with Gasteiger partial charge in [-0.2, -0.15) is 15.0 Å². The van der Waals surface area contributed by atoms with Gasteiger partial charge in [0, 0.05) is 27.3 Å². The highest BCUT2D eigenvalue weighted by atomic mass is 15.4. The van der Waals surface area contributed by atoms with Crippen LogP contribution in [0.3, 0.4) is 0 Å². The largest absolute Gasteiger partial charge is 0.371 e. The highest BCUT2D eigenvalue weighted by Crippen LogP contribution is 2.32. The molecule has 0 aromatic carbocycles. The third-order valence-corrected chi connectivity index (χ3v) is 3.84. The molecule has 0 aliphatic rings. The Morgan fingerprint density at radius 1 is 1.26 bits per heavy atom. The molecule has 27 heavy (non-hydrogen) atoms. The zero-order chi connectivity index (χ0) is 19.4. The van der Waals surface area contributed by atoms with Gasteiger partial charge in [-0.25, -0.2) is 9.97 Å². The molecule has 0 saturated carbocycles. The molecule has 0 aliphatic heterocycles. The lowest BCUT2D eigenvalue weighted by Crippen LogP contribution is -2.11. The van der Waals surface area contributed by atoms with Gasteiger partial charge in [0.1, 0.15) is 23.1 Å². The maximum Gasteiger partial charge on any atom is 0.197 e. The number of anilines is 2. The molecule has 136 valence electrons. The standard InChI is InChI=1S/C18H19N9/c1-12-9-15(26(3)4)23-17(20-2)16(12)24-25-18-13(10-19)11-22-27(18)14-7-5-6-8-21-14/h5-9,11H,1-4H3,(H,20,23)/b25-24+. The van der Waals surface area contributed by atoms with Gasteiger partial charge in [0.2, 0.25) is 0 Å². The molecular formula is C18H19N9. The van der Waals surface area contributed by atoms with Crippen LogP contribution in [-0.2, 0) is 0 Å². The summed E-state index contributed by atoms with van der Waals surface area (Å²) in [5, 5.41) is 25.3. The van der Waals surface area contributed by atoms with Crippen molar-refractivity contribution < 1.29 is 0 Å². The summed E-state index contributed by atoms with van der Waals surface area (Å²) in [6.45, 7) is 1.94. The SMILES string of the molecule is CNc1nc(N(C)C)cc(C)c1/N=N/c1c(C#N)cnn1-c1ccccn1. The summed E-state index contributed by atoms with van der Waals surface area (Å²) in [5.74, 6) is 2.28. The van der Waals surface area contributed by atoms with Gasteiger partial charge in [0.25, 0.3) is 0 Å². The minimum Gasteiger partial charge on any atom is -0.371 e. The minimum atomic E-state index is 0.311. The van der Waals surface area contributed by atoms with Crippen molar-refractivity contribution in [3.05, 3.63) is 47.8 Å². The molecule has 0 spiro atoms. The average Bonchev–Trinajstić information content (AvgIpc) is 3.09.